The van der Waals surface area contributed by atoms with Crippen molar-refractivity contribution >= 4 is 11.9 Å². The fourth-order valence-corrected chi connectivity index (χ4v) is 11.5. The summed E-state index contributed by atoms with van der Waals surface area (Å²) in [5, 5.41) is 12.2. The van der Waals surface area contributed by atoms with E-state index in [1.165, 1.54) is 19.6 Å². The van der Waals surface area contributed by atoms with E-state index in [0.717, 1.165) is 44.9 Å². The Morgan fingerprint density at radius 3 is 2.29 bits per heavy atom. The molecule has 0 aromatic heterocycles. The third-order valence-electron chi connectivity index (χ3n) is 13.9. The normalized spacial score (nSPS) is 51.3. The van der Waals surface area contributed by atoms with Gasteiger partial charge in [0.1, 0.15) is 6.10 Å². The molecule has 0 amide bonds. The molecular formula is C33H52O5. The summed E-state index contributed by atoms with van der Waals surface area (Å²) in [5.41, 5.74) is 0.265. The lowest BCUT2D eigenvalue weighted by Crippen LogP contribution is -2.69. The van der Waals surface area contributed by atoms with Gasteiger partial charge in [-0.25, -0.2) is 0 Å². The third kappa shape index (κ3) is 3.38. The Bertz CT molecular complexity index is 1030. The van der Waals surface area contributed by atoms with E-state index in [4.69, 9.17) is 9.47 Å². The number of ether oxygens (including phenoxy) is 2. The second-order valence-electron chi connectivity index (χ2n) is 15.3. The number of methoxy groups -OCH3 is 1. The average Bonchev–Trinajstić information content (AvgIpc) is 2.84. The molecule has 1 N–H and O–H groups in total. The van der Waals surface area contributed by atoms with Crippen LogP contribution in [0.15, 0.2) is 11.6 Å². The molecule has 5 heteroatoms. The minimum absolute atomic E-state index is 0.0433. The van der Waals surface area contributed by atoms with E-state index < -0.39 is 11.5 Å². The number of esters is 2. The van der Waals surface area contributed by atoms with Gasteiger partial charge in [-0.1, -0.05) is 60.1 Å². The minimum atomic E-state index is -0.625. The zero-order chi connectivity index (χ0) is 28.1. The van der Waals surface area contributed by atoms with Crippen LogP contribution in [0.3, 0.4) is 0 Å². The van der Waals surface area contributed by atoms with Crippen molar-refractivity contribution in [3.8, 4) is 0 Å². The van der Waals surface area contributed by atoms with Gasteiger partial charge >= 0.3 is 11.9 Å². The molecule has 0 saturated heterocycles. The molecule has 0 aromatic rings. The van der Waals surface area contributed by atoms with E-state index >= 15 is 0 Å². The predicted molar refractivity (Wildman–Crippen MR) is 148 cm³/mol. The monoisotopic (exact) mass is 528 g/mol. The van der Waals surface area contributed by atoms with Crippen LogP contribution in [0, 0.1) is 56.7 Å². The summed E-state index contributed by atoms with van der Waals surface area (Å²) in [6.07, 6.45) is 9.19. The number of aliphatic hydroxyl groups is 1. The van der Waals surface area contributed by atoms with Crippen molar-refractivity contribution < 1.29 is 24.2 Å². The van der Waals surface area contributed by atoms with Gasteiger partial charge in [0, 0.05) is 17.8 Å². The fraction of sp³-hybridized carbons (Fsp3) is 0.879. The molecule has 5 nitrogen and oxygen atoms in total. The van der Waals surface area contributed by atoms with Crippen LogP contribution in [0.5, 0.6) is 0 Å². The van der Waals surface area contributed by atoms with Crippen molar-refractivity contribution in [3.63, 3.8) is 0 Å². The smallest absolute Gasteiger partial charge is 0.312 e. The van der Waals surface area contributed by atoms with Crippen LogP contribution in [-0.2, 0) is 19.1 Å². The lowest BCUT2D eigenvalue weighted by molar-refractivity contribution is -0.231. The maximum absolute atomic E-state index is 13.5. The highest BCUT2D eigenvalue weighted by Crippen LogP contribution is 2.75. The molecule has 0 spiro atoms. The number of carbonyl (C=O) groups excluding carboxylic acids is 2. The minimum Gasteiger partial charge on any atom is -0.469 e. The van der Waals surface area contributed by atoms with Crippen molar-refractivity contribution in [1.82, 2.24) is 0 Å². The number of carbonyl (C=O) groups is 2. The predicted octanol–water partition coefficient (Wildman–Crippen LogP) is 6.72. The summed E-state index contributed by atoms with van der Waals surface area (Å²) in [7, 11) is 1.51. The van der Waals surface area contributed by atoms with E-state index in [1.54, 1.807) is 0 Å². The molecule has 11 atom stereocenters. The van der Waals surface area contributed by atoms with Gasteiger partial charge in [0.05, 0.1) is 18.6 Å². The zero-order valence-electron chi connectivity index (χ0n) is 25.4. The summed E-state index contributed by atoms with van der Waals surface area (Å²) in [6, 6.07) is 0. The van der Waals surface area contributed by atoms with Crippen LogP contribution in [0.25, 0.3) is 0 Å². The maximum atomic E-state index is 13.5. The molecule has 2 unspecified atom stereocenters. The average molecular weight is 529 g/mol. The van der Waals surface area contributed by atoms with Gasteiger partial charge in [0.25, 0.3) is 0 Å². The van der Waals surface area contributed by atoms with Crippen LogP contribution in [0.4, 0.5) is 0 Å². The van der Waals surface area contributed by atoms with Gasteiger partial charge < -0.3 is 14.6 Å². The summed E-state index contributed by atoms with van der Waals surface area (Å²) in [5.74, 6) is 1.59. The molecule has 4 saturated carbocycles. The second-order valence-corrected chi connectivity index (χ2v) is 15.3. The number of fused-ring (bicyclic) bond motifs is 7. The first-order chi connectivity index (χ1) is 17.6. The van der Waals surface area contributed by atoms with Crippen molar-refractivity contribution in [3.05, 3.63) is 11.6 Å². The standard InChI is InChI=1S/C33H52O5/c1-19-12-17-33(28(36)37-9)18-25(35)32(8)22(27(33)20(19)2)10-11-24-30(6)15-14-26(38-21(3)34)29(4,5)23(30)13-16-31(24,32)7/h10,19-20,23-27,35H,11-18H2,1-9H3/t19-,20+,23+,24-,25?,26?,27+,30+,31-,32+,33+/m1/s1. The topological polar surface area (TPSA) is 72.8 Å². The lowest BCUT2D eigenvalue weighted by Gasteiger charge is -2.72. The molecule has 5 aliphatic carbocycles. The highest BCUT2D eigenvalue weighted by atomic mass is 16.5. The quantitative estimate of drug-likeness (QED) is 0.318. The van der Waals surface area contributed by atoms with Gasteiger partial charge in [0.15, 0.2) is 0 Å². The van der Waals surface area contributed by atoms with Crippen LogP contribution in [-0.4, -0.2) is 36.4 Å². The molecule has 5 aliphatic rings. The van der Waals surface area contributed by atoms with Crippen molar-refractivity contribution in [2.75, 3.05) is 7.11 Å². The Morgan fingerprint density at radius 2 is 1.66 bits per heavy atom. The Morgan fingerprint density at radius 1 is 0.974 bits per heavy atom. The third-order valence-corrected chi connectivity index (χ3v) is 13.9. The first kappa shape index (κ1) is 28.2. The molecule has 0 aromatic carbocycles. The van der Waals surface area contributed by atoms with E-state index in [1.807, 2.05) is 0 Å². The molecule has 214 valence electrons. The number of hydrogen-bond donors (Lipinski definition) is 1. The number of hydrogen-bond acceptors (Lipinski definition) is 5. The van der Waals surface area contributed by atoms with Gasteiger partial charge in [0.2, 0.25) is 0 Å². The molecule has 0 heterocycles. The highest BCUT2D eigenvalue weighted by molar-refractivity contribution is 5.79. The van der Waals surface area contributed by atoms with Gasteiger partial charge in [-0.3, -0.25) is 9.59 Å². The molecule has 0 aliphatic heterocycles. The van der Waals surface area contributed by atoms with E-state index in [0.29, 0.717) is 30.1 Å². The van der Waals surface area contributed by atoms with Crippen LogP contribution in [0.2, 0.25) is 0 Å². The summed E-state index contributed by atoms with van der Waals surface area (Å²) < 4.78 is 11.3. The Kier molecular flexibility index (Phi) is 6.54. The van der Waals surface area contributed by atoms with Gasteiger partial charge in [-0.2, -0.15) is 0 Å². The number of allylic oxidation sites excluding steroid dienone is 1. The van der Waals surface area contributed by atoms with Crippen molar-refractivity contribution in [1.29, 1.82) is 0 Å². The first-order valence-corrected chi connectivity index (χ1v) is 15.3. The number of rotatable bonds is 2. The molecule has 4 fully saturated rings. The molecule has 5 rings (SSSR count). The summed E-state index contributed by atoms with van der Waals surface area (Å²) >= 11 is 0. The largest absolute Gasteiger partial charge is 0.469 e. The zero-order valence-corrected chi connectivity index (χ0v) is 25.4. The fourth-order valence-electron chi connectivity index (χ4n) is 11.5. The van der Waals surface area contributed by atoms with E-state index in [-0.39, 0.29) is 45.6 Å². The van der Waals surface area contributed by atoms with Crippen LogP contribution >= 0.6 is 0 Å². The Hall–Kier alpha value is -1.36. The first-order valence-electron chi connectivity index (χ1n) is 15.3. The maximum Gasteiger partial charge on any atom is 0.312 e. The Labute approximate surface area is 230 Å². The lowest BCUT2D eigenvalue weighted by atomic mass is 9.33. The van der Waals surface area contributed by atoms with Gasteiger partial charge in [-0.05, 0) is 91.8 Å². The van der Waals surface area contributed by atoms with Crippen LogP contribution in [0.1, 0.15) is 107 Å². The molecule has 0 radical (unpaired) electrons. The highest BCUT2D eigenvalue weighted by Gasteiger charge is 2.72. The summed E-state index contributed by atoms with van der Waals surface area (Å²) in [6.45, 7) is 18.1. The molecule has 38 heavy (non-hydrogen) atoms. The van der Waals surface area contributed by atoms with Crippen molar-refractivity contribution in [2.24, 2.45) is 56.7 Å². The van der Waals surface area contributed by atoms with E-state index in [2.05, 4.69) is 54.5 Å². The SMILES string of the molecule is COC(=O)[C@]12CC[C@@H](C)[C@H](C)[C@H]1C1=CC[C@@H]3[C@@]4(C)CCC(OC(C)=O)C(C)(C)[C@@H]4CC[C@@]3(C)[C@]1(C)C(O)C2. The van der Waals surface area contributed by atoms with Gasteiger partial charge in [-0.15, -0.1) is 0 Å². The summed E-state index contributed by atoms with van der Waals surface area (Å²) in [4.78, 5) is 25.4. The molecular weight excluding hydrogens is 476 g/mol. The van der Waals surface area contributed by atoms with E-state index in [9.17, 15) is 14.7 Å². The Balaban J connectivity index is 1.60. The second kappa shape index (κ2) is 8.82. The number of aliphatic hydroxyl groups excluding tert-OH is 1. The van der Waals surface area contributed by atoms with Crippen LogP contribution < -0.4 is 0 Å². The van der Waals surface area contributed by atoms with Crippen molar-refractivity contribution in [2.45, 2.75) is 119 Å². The molecule has 0 bridgehead atoms.